The van der Waals surface area contributed by atoms with Gasteiger partial charge in [-0.2, -0.15) is 0 Å². The van der Waals surface area contributed by atoms with Crippen molar-refractivity contribution in [3.05, 3.63) is 34.9 Å². The summed E-state index contributed by atoms with van der Waals surface area (Å²) in [6.45, 7) is 4.45. The van der Waals surface area contributed by atoms with Crippen LogP contribution >= 0.6 is 15.9 Å². The van der Waals surface area contributed by atoms with E-state index < -0.39 is 0 Å². The standard InChI is InChI=1S/C16H23Br/c1-12-8-9-15(13(2)10-12)16(11-17)14-6-4-3-5-7-14/h8-10,14,16H,3-7,11H2,1-2H3. The molecule has 0 saturated heterocycles. The zero-order chi connectivity index (χ0) is 12.3. The van der Waals surface area contributed by atoms with Gasteiger partial charge in [-0.3, -0.25) is 0 Å². The van der Waals surface area contributed by atoms with Crippen LogP contribution in [0.3, 0.4) is 0 Å². The van der Waals surface area contributed by atoms with Crippen LogP contribution in [0, 0.1) is 19.8 Å². The fraction of sp³-hybridized carbons (Fsp3) is 0.625. The van der Waals surface area contributed by atoms with Crippen LogP contribution in [0.2, 0.25) is 0 Å². The molecule has 0 aliphatic heterocycles. The third-order valence-corrected chi connectivity index (χ3v) is 4.91. The topological polar surface area (TPSA) is 0 Å². The maximum Gasteiger partial charge on any atom is 0.0103 e. The molecule has 0 N–H and O–H groups in total. The number of hydrogen-bond donors (Lipinski definition) is 0. The molecule has 0 radical (unpaired) electrons. The third-order valence-electron chi connectivity index (χ3n) is 4.21. The van der Waals surface area contributed by atoms with Crippen molar-refractivity contribution in [2.75, 3.05) is 5.33 Å². The van der Waals surface area contributed by atoms with E-state index in [1.165, 1.54) is 43.2 Å². The number of alkyl halides is 1. The Kier molecular flexibility index (Phi) is 4.67. The Labute approximate surface area is 114 Å². The van der Waals surface area contributed by atoms with Gasteiger partial charge in [0.15, 0.2) is 0 Å². The molecule has 94 valence electrons. The second kappa shape index (κ2) is 6.04. The van der Waals surface area contributed by atoms with Crippen LogP contribution in [0.25, 0.3) is 0 Å². The van der Waals surface area contributed by atoms with Crippen LogP contribution in [0.4, 0.5) is 0 Å². The van der Waals surface area contributed by atoms with E-state index in [9.17, 15) is 0 Å². The number of aryl methyl sites for hydroxylation is 2. The molecule has 1 aromatic carbocycles. The highest BCUT2D eigenvalue weighted by Gasteiger charge is 2.25. The van der Waals surface area contributed by atoms with Crippen molar-refractivity contribution in [1.29, 1.82) is 0 Å². The summed E-state index contributed by atoms with van der Waals surface area (Å²) in [6.07, 6.45) is 7.14. The first-order valence-electron chi connectivity index (χ1n) is 6.85. The summed E-state index contributed by atoms with van der Waals surface area (Å²) in [4.78, 5) is 0. The Bertz CT molecular complexity index is 364. The van der Waals surface area contributed by atoms with Gasteiger partial charge in [0.25, 0.3) is 0 Å². The summed E-state index contributed by atoms with van der Waals surface area (Å²) in [5, 5.41) is 1.11. The summed E-state index contributed by atoms with van der Waals surface area (Å²) in [5.74, 6) is 1.61. The van der Waals surface area contributed by atoms with E-state index in [0.29, 0.717) is 0 Å². The lowest BCUT2D eigenvalue weighted by Crippen LogP contribution is -2.18. The second-order valence-electron chi connectivity index (χ2n) is 5.52. The highest BCUT2D eigenvalue weighted by atomic mass is 79.9. The minimum atomic E-state index is 0.718. The number of benzene rings is 1. The van der Waals surface area contributed by atoms with Crippen molar-refractivity contribution < 1.29 is 0 Å². The van der Waals surface area contributed by atoms with Gasteiger partial charge >= 0.3 is 0 Å². The van der Waals surface area contributed by atoms with Gasteiger partial charge in [-0.05, 0) is 49.7 Å². The molecule has 2 rings (SSSR count). The Morgan fingerprint density at radius 1 is 1.18 bits per heavy atom. The van der Waals surface area contributed by atoms with Gasteiger partial charge in [-0.15, -0.1) is 0 Å². The lowest BCUT2D eigenvalue weighted by atomic mass is 9.76. The molecule has 1 aliphatic carbocycles. The minimum absolute atomic E-state index is 0.718. The van der Waals surface area contributed by atoms with Crippen molar-refractivity contribution in [2.24, 2.45) is 5.92 Å². The van der Waals surface area contributed by atoms with E-state index in [0.717, 1.165) is 17.2 Å². The molecule has 1 atom stereocenters. The molecular weight excluding hydrogens is 272 g/mol. The second-order valence-corrected chi connectivity index (χ2v) is 6.17. The van der Waals surface area contributed by atoms with Gasteiger partial charge in [0.1, 0.15) is 0 Å². The summed E-state index contributed by atoms with van der Waals surface area (Å²) in [5.41, 5.74) is 4.42. The summed E-state index contributed by atoms with van der Waals surface area (Å²) in [7, 11) is 0. The Balaban J connectivity index is 2.21. The van der Waals surface area contributed by atoms with E-state index in [1.807, 2.05) is 0 Å². The van der Waals surface area contributed by atoms with Crippen LogP contribution in [0.15, 0.2) is 18.2 Å². The molecule has 1 aliphatic rings. The highest BCUT2D eigenvalue weighted by Crippen LogP contribution is 2.38. The maximum absolute atomic E-state index is 3.74. The lowest BCUT2D eigenvalue weighted by molar-refractivity contribution is 0.319. The fourth-order valence-corrected chi connectivity index (χ4v) is 4.12. The zero-order valence-electron chi connectivity index (χ0n) is 11.0. The van der Waals surface area contributed by atoms with Crippen LogP contribution in [-0.4, -0.2) is 5.33 Å². The minimum Gasteiger partial charge on any atom is -0.0921 e. The molecule has 0 heterocycles. The Morgan fingerprint density at radius 2 is 1.88 bits per heavy atom. The first-order valence-corrected chi connectivity index (χ1v) is 7.97. The molecule has 0 aromatic heterocycles. The number of hydrogen-bond acceptors (Lipinski definition) is 0. The Morgan fingerprint density at radius 3 is 2.47 bits per heavy atom. The van der Waals surface area contributed by atoms with E-state index in [1.54, 1.807) is 5.56 Å². The Hall–Kier alpha value is -0.300. The molecule has 1 unspecified atom stereocenters. The van der Waals surface area contributed by atoms with Gasteiger partial charge in [0.2, 0.25) is 0 Å². The molecule has 1 fully saturated rings. The summed E-state index contributed by atoms with van der Waals surface area (Å²) < 4.78 is 0. The first-order chi connectivity index (χ1) is 8.22. The van der Waals surface area contributed by atoms with Crippen molar-refractivity contribution in [2.45, 2.75) is 51.9 Å². The van der Waals surface area contributed by atoms with E-state index >= 15 is 0 Å². The molecule has 17 heavy (non-hydrogen) atoms. The van der Waals surface area contributed by atoms with Crippen LogP contribution < -0.4 is 0 Å². The van der Waals surface area contributed by atoms with Gasteiger partial charge < -0.3 is 0 Å². The van der Waals surface area contributed by atoms with Crippen LogP contribution in [-0.2, 0) is 0 Å². The van der Waals surface area contributed by atoms with Crippen LogP contribution in [0.5, 0.6) is 0 Å². The predicted molar refractivity (Wildman–Crippen MR) is 79.0 cm³/mol. The molecule has 0 amide bonds. The highest BCUT2D eigenvalue weighted by molar-refractivity contribution is 9.09. The average Bonchev–Trinajstić information content (AvgIpc) is 2.34. The van der Waals surface area contributed by atoms with Crippen molar-refractivity contribution in [3.8, 4) is 0 Å². The SMILES string of the molecule is Cc1ccc(C(CBr)C2CCCCC2)c(C)c1. The average molecular weight is 295 g/mol. The van der Waals surface area contributed by atoms with Crippen molar-refractivity contribution >= 4 is 15.9 Å². The molecular formula is C16H23Br. The van der Waals surface area contributed by atoms with Crippen molar-refractivity contribution in [3.63, 3.8) is 0 Å². The molecule has 1 saturated carbocycles. The van der Waals surface area contributed by atoms with E-state index in [4.69, 9.17) is 0 Å². The molecule has 1 aromatic rings. The number of rotatable bonds is 3. The molecule has 0 spiro atoms. The third kappa shape index (κ3) is 3.13. The number of halogens is 1. The van der Waals surface area contributed by atoms with E-state index in [-0.39, 0.29) is 0 Å². The fourth-order valence-electron chi connectivity index (χ4n) is 3.24. The lowest BCUT2D eigenvalue weighted by Gasteiger charge is -2.30. The van der Waals surface area contributed by atoms with E-state index in [2.05, 4.69) is 48.0 Å². The molecule has 1 heteroatoms. The quantitative estimate of drug-likeness (QED) is 0.658. The smallest absolute Gasteiger partial charge is 0.0103 e. The van der Waals surface area contributed by atoms with Gasteiger partial charge in [0.05, 0.1) is 0 Å². The van der Waals surface area contributed by atoms with Gasteiger partial charge in [-0.25, -0.2) is 0 Å². The van der Waals surface area contributed by atoms with Crippen molar-refractivity contribution in [1.82, 2.24) is 0 Å². The molecule has 0 bridgehead atoms. The predicted octanol–water partition coefficient (Wildman–Crippen LogP) is 5.36. The first kappa shape index (κ1) is 13.1. The zero-order valence-corrected chi connectivity index (χ0v) is 12.6. The summed E-state index contributed by atoms with van der Waals surface area (Å²) >= 11 is 3.74. The normalized spacial score (nSPS) is 19.2. The van der Waals surface area contributed by atoms with Gasteiger partial charge in [-0.1, -0.05) is 59.0 Å². The summed E-state index contributed by atoms with van der Waals surface area (Å²) in [6, 6.07) is 6.94. The molecule has 0 nitrogen and oxygen atoms in total. The van der Waals surface area contributed by atoms with Crippen LogP contribution in [0.1, 0.15) is 54.7 Å². The maximum atomic E-state index is 3.74. The largest absolute Gasteiger partial charge is 0.0921 e. The van der Waals surface area contributed by atoms with Gasteiger partial charge in [0, 0.05) is 5.33 Å². The monoisotopic (exact) mass is 294 g/mol.